The van der Waals surface area contributed by atoms with E-state index >= 15 is 0 Å². The molecule has 5 rings (SSSR count). The van der Waals surface area contributed by atoms with Crippen LogP contribution in [0.25, 0.3) is 11.5 Å². The largest absolute Gasteiger partial charge is 0.493 e. The molecule has 0 radical (unpaired) electrons. The van der Waals surface area contributed by atoms with Crippen LogP contribution >= 0.6 is 0 Å². The number of hydrogen-bond donors (Lipinski definition) is 1. The van der Waals surface area contributed by atoms with Gasteiger partial charge in [0.2, 0.25) is 11.8 Å². The Morgan fingerprint density at radius 3 is 2.41 bits per heavy atom. The zero-order chi connectivity index (χ0) is 29.1. The third kappa shape index (κ3) is 6.76. The summed E-state index contributed by atoms with van der Waals surface area (Å²) in [6.07, 6.45) is 3.02. The summed E-state index contributed by atoms with van der Waals surface area (Å²) in [5.74, 6) is 1.51. The van der Waals surface area contributed by atoms with Crippen molar-refractivity contribution in [2.45, 2.75) is 52.9 Å². The van der Waals surface area contributed by atoms with Gasteiger partial charge >= 0.3 is 5.97 Å². The smallest absolute Gasteiger partial charge is 0.308 e. The fourth-order valence-electron chi connectivity index (χ4n) is 5.30. The van der Waals surface area contributed by atoms with Crippen LogP contribution < -0.4 is 9.64 Å². The van der Waals surface area contributed by atoms with Gasteiger partial charge in [0.05, 0.1) is 18.2 Å². The molecule has 2 aromatic carbocycles. The summed E-state index contributed by atoms with van der Waals surface area (Å²) in [6.45, 7) is 11.9. The number of carboxylic acid groups (broad SMARTS) is 1. The van der Waals surface area contributed by atoms with Crippen molar-refractivity contribution in [3.63, 3.8) is 0 Å². The van der Waals surface area contributed by atoms with Gasteiger partial charge in [-0.3, -0.25) is 4.79 Å². The van der Waals surface area contributed by atoms with Gasteiger partial charge in [0, 0.05) is 37.0 Å². The Labute approximate surface area is 241 Å². The normalized spacial score (nSPS) is 17.1. The number of aryl methyl sites for hydroxylation is 2. The fourth-order valence-corrected chi connectivity index (χ4v) is 5.30. The lowest BCUT2D eigenvalue weighted by Gasteiger charge is -2.18. The maximum Gasteiger partial charge on any atom is 0.308 e. The molecule has 0 aliphatic carbocycles. The first-order valence-corrected chi connectivity index (χ1v) is 14.1. The number of nitrogens with zero attached hydrogens (tertiary/aromatic N) is 4. The molecule has 1 N–H and O–H groups in total. The Bertz CT molecular complexity index is 1490. The van der Waals surface area contributed by atoms with E-state index in [1.165, 1.54) is 5.56 Å². The molecule has 0 bridgehead atoms. The molecule has 1 aliphatic rings. The molecule has 4 aromatic rings. The molecule has 8 nitrogen and oxygen atoms in total. The maximum absolute atomic E-state index is 12.0. The van der Waals surface area contributed by atoms with Gasteiger partial charge in [-0.2, -0.15) is 0 Å². The molecule has 41 heavy (non-hydrogen) atoms. The molecule has 214 valence electrons. The minimum absolute atomic E-state index is 0.0302. The molecule has 1 aliphatic heterocycles. The summed E-state index contributed by atoms with van der Waals surface area (Å²) in [7, 11) is 0. The van der Waals surface area contributed by atoms with E-state index in [0.717, 1.165) is 34.0 Å². The molecule has 0 spiro atoms. The SMILES string of the molecule is Cc1ccnc(N2C[C@@H](Cc3ccc(OCCc4nc(-c5ccc(C(C)(C)C)cc5)oc4C)cc3)[C@@H](C(=O)O)C2)n1. The van der Waals surface area contributed by atoms with Crippen molar-refractivity contribution in [2.75, 3.05) is 24.6 Å². The van der Waals surface area contributed by atoms with Gasteiger partial charge < -0.3 is 19.2 Å². The Kier molecular flexibility index (Phi) is 8.10. The number of rotatable bonds is 9. The van der Waals surface area contributed by atoms with Gasteiger partial charge in [-0.15, -0.1) is 0 Å². The molecule has 1 fully saturated rings. The van der Waals surface area contributed by atoms with Gasteiger partial charge in [0.15, 0.2) is 0 Å². The monoisotopic (exact) mass is 554 g/mol. The number of carboxylic acids is 1. The maximum atomic E-state index is 12.0. The van der Waals surface area contributed by atoms with E-state index in [9.17, 15) is 9.90 Å². The Morgan fingerprint density at radius 2 is 1.76 bits per heavy atom. The van der Waals surface area contributed by atoms with Crippen LogP contribution in [0, 0.1) is 25.7 Å². The second kappa shape index (κ2) is 11.7. The molecular formula is C33H38N4O4. The van der Waals surface area contributed by atoms with Crippen LogP contribution in [0.1, 0.15) is 49.0 Å². The number of anilines is 1. The topological polar surface area (TPSA) is 102 Å². The van der Waals surface area contributed by atoms with Gasteiger partial charge in [0.25, 0.3) is 0 Å². The molecule has 3 heterocycles. The second-order valence-corrected chi connectivity index (χ2v) is 11.9. The number of ether oxygens (including phenoxy) is 1. The van der Waals surface area contributed by atoms with Crippen LogP contribution in [0.5, 0.6) is 5.75 Å². The van der Waals surface area contributed by atoms with E-state index in [0.29, 0.717) is 44.4 Å². The first-order valence-electron chi connectivity index (χ1n) is 14.1. The number of oxazole rings is 1. The lowest BCUT2D eigenvalue weighted by Crippen LogP contribution is -2.25. The highest BCUT2D eigenvalue weighted by Gasteiger charge is 2.38. The van der Waals surface area contributed by atoms with Crippen LogP contribution in [0.2, 0.25) is 0 Å². The predicted molar refractivity (Wildman–Crippen MR) is 158 cm³/mol. The molecule has 8 heteroatoms. The molecular weight excluding hydrogens is 516 g/mol. The van der Waals surface area contributed by atoms with E-state index in [2.05, 4.69) is 55.0 Å². The van der Waals surface area contributed by atoms with E-state index in [1.54, 1.807) is 6.20 Å². The van der Waals surface area contributed by atoms with Crippen molar-refractivity contribution < 1.29 is 19.1 Å². The van der Waals surface area contributed by atoms with Crippen LogP contribution in [0.4, 0.5) is 5.95 Å². The molecule has 1 saturated heterocycles. The zero-order valence-electron chi connectivity index (χ0n) is 24.4. The van der Waals surface area contributed by atoms with Crippen molar-refractivity contribution in [1.82, 2.24) is 15.0 Å². The standard InChI is InChI=1S/C33H38N4O4/c1-21-14-16-34-32(35-21)37-19-25(28(20-37)31(38)39)18-23-6-12-27(13-7-23)40-17-15-29-22(2)41-30(36-29)24-8-10-26(11-9-24)33(3,4)5/h6-14,16,25,28H,15,17-20H2,1-5H3,(H,38,39)/t25-,28+/m1/s1. The fraction of sp³-hybridized carbons (Fsp3) is 0.394. The average Bonchev–Trinajstić information content (AvgIpc) is 3.53. The zero-order valence-corrected chi connectivity index (χ0v) is 24.4. The van der Waals surface area contributed by atoms with Gasteiger partial charge in [0.1, 0.15) is 11.5 Å². The van der Waals surface area contributed by atoms with Crippen molar-refractivity contribution in [3.05, 3.63) is 89.1 Å². The molecule has 0 amide bonds. The molecule has 0 unspecified atom stereocenters. The summed E-state index contributed by atoms with van der Waals surface area (Å²) < 4.78 is 12.0. The third-order valence-corrected chi connectivity index (χ3v) is 7.74. The molecule has 0 saturated carbocycles. The summed E-state index contributed by atoms with van der Waals surface area (Å²) in [5, 5.41) is 9.84. The van der Waals surface area contributed by atoms with Crippen LogP contribution in [-0.4, -0.2) is 45.7 Å². The third-order valence-electron chi connectivity index (χ3n) is 7.74. The highest BCUT2D eigenvalue weighted by atomic mass is 16.5. The van der Waals surface area contributed by atoms with Crippen LogP contribution in [0.15, 0.2) is 65.2 Å². The summed E-state index contributed by atoms with van der Waals surface area (Å²) in [6, 6.07) is 18.1. The lowest BCUT2D eigenvalue weighted by molar-refractivity contribution is -0.142. The Morgan fingerprint density at radius 1 is 1.02 bits per heavy atom. The van der Waals surface area contributed by atoms with Crippen LogP contribution in [-0.2, 0) is 23.1 Å². The van der Waals surface area contributed by atoms with Crippen LogP contribution in [0.3, 0.4) is 0 Å². The minimum atomic E-state index is -0.779. The Hall–Kier alpha value is -4.20. The summed E-state index contributed by atoms with van der Waals surface area (Å²) >= 11 is 0. The van der Waals surface area contributed by atoms with Gasteiger partial charge in [-0.25, -0.2) is 15.0 Å². The average molecular weight is 555 g/mol. The lowest BCUT2D eigenvalue weighted by atomic mass is 9.87. The summed E-state index contributed by atoms with van der Waals surface area (Å²) in [5.41, 5.74) is 5.17. The van der Waals surface area contributed by atoms with Crippen molar-refractivity contribution in [3.8, 4) is 17.2 Å². The minimum Gasteiger partial charge on any atom is -0.493 e. The van der Waals surface area contributed by atoms with E-state index in [-0.39, 0.29) is 11.3 Å². The first kappa shape index (κ1) is 28.3. The van der Waals surface area contributed by atoms with Gasteiger partial charge in [-0.05, 0) is 73.1 Å². The highest BCUT2D eigenvalue weighted by molar-refractivity contribution is 5.72. The number of benzene rings is 2. The van der Waals surface area contributed by atoms with Crippen molar-refractivity contribution >= 4 is 11.9 Å². The quantitative estimate of drug-likeness (QED) is 0.267. The molecule has 2 atom stereocenters. The predicted octanol–water partition coefficient (Wildman–Crippen LogP) is 6.05. The number of hydrogen-bond acceptors (Lipinski definition) is 7. The second-order valence-electron chi connectivity index (χ2n) is 11.9. The first-order chi connectivity index (χ1) is 19.6. The van der Waals surface area contributed by atoms with E-state index < -0.39 is 11.9 Å². The van der Waals surface area contributed by atoms with Crippen molar-refractivity contribution in [2.24, 2.45) is 11.8 Å². The highest BCUT2D eigenvalue weighted by Crippen LogP contribution is 2.30. The van der Waals surface area contributed by atoms with E-state index in [1.807, 2.05) is 49.1 Å². The van der Waals surface area contributed by atoms with Crippen molar-refractivity contribution in [1.29, 1.82) is 0 Å². The number of carbonyl (C=O) groups is 1. The number of aromatic nitrogens is 3. The van der Waals surface area contributed by atoms with E-state index in [4.69, 9.17) is 14.1 Å². The summed E-state index contributed by atoms with van der Waals surface area (Å²) in [4.78, 5) is 27.5. The Balaban J connectivity index is 1.15. The number of aliphatic carboxylic acids is 1. The van der Waals surface area contributed by atoms with Gasteiger partial charge in [-0.1, -0.05) is 45.0 Å². The molecule has 2 aromatic heterocycles.